The summed E-state index contributed by atoms with van der Waals surface area (Å²) in [6.45, 7) is 2.95. The number of methoxy groups -OCH3 is 1. The zero-order chi connectivity index (χ0) is 20.1. The van der Waals surface area contributed by atoms with Crippen LogP contribution in [-0.4, -0.2) is 49.2 Å². The van der Waals surface area contributed by atoms with E-state index in [0.29, 0.717) is 31.1 Å². The number of benzene rings is 1. The summed E-state index contributed by atoms with van der Waals surface area (Å²) >= 11 is 0. The Hall–Kier alpha value is -2.83. The topological polar surface area (TPSA) is 76.6 Å². The third kappa shape index (κ3) is 4.60. The zero-order valence-electron chi connectivity index (χ0n) is 16.9. The molecule has 29 heavy (non-hydrogen) atoms. The largest absolute Gasteiger partial charge is 0.493 e. The van der Waals surface area contributed by atoms with Crippen LogP contribution in [0.4, 0.5) is 5.95 Å². The van der Waals surface area contributed by atoms with Crippen molar-refractivity contribution in [2.24, 2.45) is 5.92 Å². The average molecular weight is 396 g/mol. The Kier molecular flexibility index (Phi) is 6.12. The van der Waals surface area contributed by atoms with Gasteiger partial charge in [-0.2, -0.15) is 0 Å². The second-order valence-corrected chi connectivity index (χ2v) is 7.57. The molecule has 4 rings (SSSR count). The molecule has 2 aromatic rings. The molecular weight excluding hydrogens is 368 g/mol. The number of fused-ring (bicyclic) bond motifs is 1. The Balaban J connectivity index is 1.26. The number of ether oxygens (including phenoxy) is 2. The van der Waals surface area contributed by atoms with E-state index in [0.717, 1.165) is 43.1 Å². The predicted molar refractivity (Wildman–Crippen MR) is 110 cm³/mol. The first-order chi connectivity index (χ1) is 14.2. The molecule has 1 aromatic carbocycles. The first-order valence-corrected chi connectivity index (χ1v) is 10.4. The Morgan fingerprint density at radius 2 is 2.03 bits per heavy atom. The fourth-order valence-corrected chi connectivity index (χ4v) is 4.01. The maximum Gasteiger partial charge on any atom is 0.225 e. The van der Waals surface area contributed by atoms with Crippen molar-refractivity contribution in [3.05, 3.63) is 41.7 Å². The maximum atomic E-state index is 12.6. The maximum absolute atomic E-state index is 12.6. The third-order valence-corrected chi connectivity index (χ3v) is 5.63. The molecule has 7 nitrogen and oxygen atoms in total. The van der Waals surface area contributed by atoms with E-state index in [-0.39, 0.29) is 11.8 Å². The van der Waals surface area contributed by atoms with E-state index in [4.69, 9.17) is 14.5 Å². The lowest BCUT2D eigenvalue weighted by atomic mass is 9.87. The van der Waals surface area contributed by atoms with Crippen molar-refractivity contribution in [1.29, 1.82) is 0 Å². The number of aryl methyl sites for hydroxylation is 1. The molecule has 2 heterocycles. The van der Waals surface area contributed by atoms with Crippen molar-refractivity contribution in [3.63, 3.8) is 0 Å². The molecule has 1 fully saturated rings. The molecule has 0 radical (unpaired) electrons. The van der Waals surface area contributed by atoms with E-state index in [1.54, 1.807) is 7.11 Å². The Morgan fingerprint density at radius 1 is 1.24 bits per heavy atom. The smallest absolute Gasteiger partial charge is 0.225 e. The molecular formula is C22H28N4O3. The van der Waals surface area contributed by atoms with Crippen LogP contribution < -0.4 is 19.7 Å². The summed E-state index contributed by atoms with van der Waals surface area (Å²) in [7, 11) is 1.61. The molecule has 1 unspecified atom stereocenters. The number of aromatic nitrogens is 2. The summed E-state index contributed by atoms with van der Waals surface area (Å²) < 4.78 is 11.0. The highest BCUT2D eigenvalue weighted by Crippen LogP contribution is 2.27. The van der Waals surface area contributed by atoms with Crippen LogP contribution in [0.2, 0.25) is 0 Å². The molecule has 1 amide bonds. The summed E-state index contributed by atoms with van der Waals surface area (Å²) in [5.74, 6) is 2.26. The number of nitrogens with zero attached hydrogens (tertiary/aromatic N) is 3. The lowest BCUT2D eigenvalue weighted by Crippen LogP contribution is -2.36. The Morgan fingerprint density at radius 3 is 2.83 bits per heavy atom. The Labute approximate surface area is 171 Å². The van der Waals surface area contributed by atoms with Crippen LogP contribution in [0.1, 0.15) is 30.5 Å². The number of carbonyl (C=O) groups excluding carboxylic acids is 1. The minimum atomic E-state index is -0.0324. The van der Waals surface area contributed by atoms with Gasteiger partial charge in [-0.15, -0.1) is 0 Å². The van der Waals surface area contributed by atoms with Gasteiger partial charge in [-0.1, -0.05) is 12.1 Å². The average Bonchev–Trinajstić information content (AvgIpc) is 3.31. The normalized spacial score (nSPS) is 18.2. The third-order valence-electron chi connectivity index (χ3n) is 5.63. The minimum absolute atomic E-state index is 0.0324. The molecule has 1 N–H and O–H groups in total. The first-order valence-electron chi connectivity index (χ1n) is 10.4. The molecule has 7 heteroatoms. The number of rotatable bonds is 7. The van der Waals surface area contributed by atoms with Crippen LogP contribution in [0.3, 0.4) is 0 Å². The van der Waals surface area contributed by atoms with Crippen LogP contribution >= 0.6 is 0 Å². The SMILES string of the molecule is COc1ccccc1OCCNC(=O)C1CCc2nc(N3CCCC3)ncc2C1. The van der Waals surface area contributed by atoms with Crippen LogP contribution in [0.25, 0.3) is 0 Å². The molecule has 1 aliphatic carbocycles. The van der Waals surface area contributed by atoms with Crippen molar-refractivity contribution in [1.82, 2.24) is 15.3 Å². The monoisotopic (exact) mass is 396 g/mol. The number of hydrogen-bond acceptors (Lipinski definition) is 6. The summed E-state index contributed by atoms with van der Waals surface area (Å²) in [6.07, 6.45) is 6.69. The first kappa shape index (κ1) is 19.5. The molecule has 1 aromatic heterocycles. The van der Waals surface area contributed by atoms with Crippen LogP contribution in [0.5, 0.6) is 11.5 Å². The van der Waals surface area contributed by atoms with E-state index in [9.17, 15) is 4.79 Å². The quantitative estimate of drug-likeness (QED) is 0.724. The van der Waals surface area contributed by atoms with E-state index in [1.165, 1.54) is 12.8 Å². The summed E-state index contributed by atoms with van der Waals surface area (Å²) in [4.78, 5) is 24.1. The van der Waals surface area contributed by atoms with Crippen molar-refractivity contribution < 1.29 is 14.3 Å². The second kappa shape index (κ2) is 9.11. The lowest BCUT2D eigenvalue weighted by molar-refractivity contribution is -0.125. The van der Waals surface area contributed by atoms with Crippen LogP contribution in [0.15, 0.2) is 30.5 Å². The van der Waals surface area contributed by atoms with Gasteiger partial charge in [0.25, 0.3) is 0 Å². The van der Waals surface area contributed by atoms with Gasteiger partial charge in [-0.3, -0.25) is 4.79 Å². The molecule has 2 aliphatic rings. The van der Waals surface area contributed by atoms with Crippen molar-refractivity contribution in [2.45, 2.75) is 32.1 Å². The van der Waals surface area contributed by atoms with Crippen molar-refractivity contribution in [2.75, 3.05) is 38.3 Å². The van der Waals surface area contributed by atoms with Gasteiger partial charge in [-0.05, 0) is 49.8 Å². The van der Waals surface area contributed by atoms with E-state index >= 15 is 0 Å². The highest BCUT2D eigenvalue weighted by molar-refractivity contribution is 5.79. The number of carbonyl (C=O) groups is 1. The lowest BCUT2D eigenvalue weighted by Gasteiger charge is -2.24. The fourth-order valence-electron chi connectivity index (χ4n) is 4.01. The number of amides is 1. The summed E-state index contributed by atoms with van der Waals surface area (Å²) in [6, 6.07) is 7.50. The van der Waals surface area contributed by atoms with Gasteiger partial charge >= 0.3 is 0 Å². The molecule has 1 aliphatic heterocycles. The standard InChI is InChI=1S/C22H28N4O3/c1-28-19-6-2-3-7-20(19)29-13-10-23-21(27)16-8-9-18-17(14-16)15-24-22(25-18)26-11-4-5-12-26/h2-3,6-7,15-16H,4-5,8-14H2,1H3,(H,23,27). The summed E-state index contributed by atoms with van der Waals surface area (Å²) in [5, 5.41) is 2.99. The molecule has 0 spiro atoms. The molecule has 0 saturated carbocycles. The summed E-state index contributed by atoms with van der Waals surface area (Å²) in [5.41, 5.74) is 2.20. The number of nitrogens with one attached hydrogen (secondary N) is 1. The number of hydrogen-bond donors (Lipinski definition) is 1. The van der Waals surface area contributed by atoms with Crippen molar-refractivity contribution >= 4 is 11.9 Å². The van der Waals surface area contributed by atoms with Gasteiger partial charge < -0.3 is 19.7 Å². The van der Waals surface area contributed by atoms with Gasteiger partial charge in [0, 0.05) is 30.9 Å². The zero-order valence-corrected chi connectivity index (χ0v) is 16.9. The second-order valence-electron chi connectivity index (χ2n) is 7.57. The van der Waals surface area contributed by atoms with E-state index in [1.807, 2.05) is 30.5 Å². The number of para-hydroxylation sites is 2. The van der Waals surface area contributed by atoms with Gasteiger partial charge in [0.05, 0.1) is 13.7 Å². The van der Waals surface area contributed by atoms with Crippen molar-refractivity contribution in [3.8, 4) is 11.5 Å². The van der Waals surface area contributed by atoms with Crippen LogP contribution in [-0.2, 0) is 17.6 Å². The molecule has 0 bridgehead atoms. The van der Waals surface area contributed by atoms with E-state index in [2.05, 4.69) is 15.2 Å². The van der Waals surface area contributed by atoms with Gasteiger partial charge in [0.15, 0.2) is 11.5 Å². The Bertz CT molecular complexity index is 852. The molecule has 1 atom stereocenters. The van der Waals surface area contributed by atoms with Crippen LogP contribution in [0, 0.1) is 5.92 Å². The number of anilines is 1. The van der Waals surface area contributed by atoms with Gasteiger partial charge in [0.2, 0.25) is 11.9 Å². The van der Waals surface area contributed by atoms with E-state index < -0.39 is 0 Å². The highest BCUT2D eigenvalue weighted by atomic mass is 16.5. The van der Waals surface area contributed by atoms with Gasteiger partial charge in [-0.25, -0.2) is 9.97 Å². The molecule has 154 valence electrons. The predicted octanol–water partition coefficient (Wildman–Crippen LogP) is 2.39. The fraction of sp³-hybridized carbons (Fsp3) is 0.500. The molecule has 1 saturated heterocycles. The van der Waals surface area contributed by atoms with Gasteiger partial charge in [0.1, 0.15) is 6.61 Å². The highest BCUT2D eigenvalue weighted by Gasteiger charge is 2.27. The minimum Gasteiger partial charge on any atom is -0.493 e.